The quantitative estimate of drug-likeness (QED) is 0.734. The standard InChI is InChI=1S/C15H21N3O5/c1-5-9(2)13(15(21)22-4)18-12(19)8-23-14(20)11-7-16-10(3)6-17-11/h6-7,9,13H,5,8H2,1-4H3,(H,18,19). The first-order valence-electron chi connectivity index (χ1n) is 7.22. The Morgan fingerprint density at radius 2 is 1.96 bits per heavy atom. The summed E-state index contributed by atoms with van der Waals surface area (Å²) in [5.74, 6) is -1.99. The highest BCUT2D eigenvalue weighted by Crippen LogP contribution is 2.09. The summed E-state index contributed by atoms with van der Waals surface area (Å²) in [7, 11) is 1.25. The van der Waals surface area contributed by atoms with Gasteiger partial charge in [-0.3, -0.25) is 9.78 Å². The Kier molecular flexibility index (Phi) is 7.11. The van der Waals surface area contributed by atoms with Crippen molar-refractivity contribution in [3.05, 3.63) is 23.8 Å². The van der Waals surface area contributed by atoms with Crippen molar-refractivity contribution in [2.24, 2.45) is 5.92 Å². The summed E-state index contributed by atoms with van der Waals surface area (Å²) in [6.45, 7) is 4.92. The maximum absolute atomic E-state index is 11.9. The van der Waals surface area contributed by atoms with Crippen LogP contribution in [0.3, 0.4) is 0 Å². The van der Waals surface area contributed by atoms with E-state index in [-0.39, 0.29) is 11.6 Å². The van der Waals surface area contributed by atoms with Crippen LogP contribution < -0.4 is 5.32 Å². The molecule has 1 N–H and O–H groups in total. The van der Waals surface area contributed by atoms with E-state index in [1.807, 2.05) is 13.8 Å². The van der Waals surface area contributed by atoms with Crippen LogP contribution in [0.1, 0.15) is 36.5 Å². The number of nitrogens with zero attached hydrogens (tertiary/aromatic N) is 2. The van der Waals surface area contributed by atoms with E-state index in [0.717, 1.165) is 0 Å². The van der Waals surface area contributed by atoms with Crippen molar-refractivity contribution in [3.63, 3.8) is 0 Å². The van der Waals surface area contributed by atoms with Crippen molar-refractivity contribution in [1.29, 1.82) is 0 Å². The van der Waals surface area contributed by atoms with Gasteiger partial charge in [0.25, 0.3) is 5.91 Å². The number of rotatable bonds is 7. The van der Waals surface area contributed by atoms with Crippen LogP contribution in [0.15, 0.2) is 12.4 Å². The van der Waals surface area contributed by atoms with E-state index in [9.17, 15) is 14.4 Å². The number of ether oxygens (including phenoxy) is 2. The number of aromatic nitrogens is 2. The Labute approximate surface area is 134 Å². The van der Waals surface area contributed by atoms with Gasteiger partial charge >= 0.3 is 11.9 Å². The summed E-state index contributed by atoms with van der Waals surface area (Å²) in [5.41, 5.74) is 0.670. The van der Waals surface area contributed by atoms with Crippen LogP contribution in [0.4, 0.5) is 0 Å². The summed E-state index contributed by atoms with van der Waals surface area (Å²) in [6, 6.07) is -0.782. The lowest BCUT2D eigenvalue weighted by atomic mass is 9.99. The molecule has 23 heavy (non-hydrogen) atoms. The Morgan fingerprint density at radius 1 is 1.26 bits per heavy atom. The molecule has 1 heterocycles. The summed E-state index contributed by atoms with van der Waals surface area (Å²) < 4.78 is 9.51. The molecule has 1 aromatic heterocycles. The fourth-order valence-electron chi connectivity index (χ4n) is 1.71. The van der Waals surface area contributed by atoms with E-state index < -0.39 is 30.5 Å². The Balaban J connectivity index is 2.56. The first-order chi connectivity index (χ1) is 10.9. The number of carbonyl (C=O) groups excluding carboxylic acids is 3. The highest BCUT2D eigenvalue weighted by atomic mass is 16.5. The predicted molar refractivity (Wildman–Crippen MR) is 80.5 cm³/mol. The number of hydrogen-bond acceptors (Lipinski definition) is 7. The zero-order valence-corrected chi connectivity index (χ0v) is 13.7. The number of carbonyl (C=O) groups is 3. The van der Waals surface area contributed by atoms with Gasteiger partial charge in [0.2, 0.25) is 0 Å². The van der Waals surface area contributed by atoms with Gasteiger partial charge in [-0.15, -0.1) is 0 Å². The molecular formula is C15H21N3O5. The molecule has 0 spiro atoms. The topological polar surface area (TPSA) is 107 Å². The van der Waals surface area contributed by atoms with Gasteiger partial charge in [-0.05, 0) is 12.8 Å². The van der Waals surface area contributed by atoms with Gasteiger partial charge < -0.3 is 14.8 Å². The smallest absolute Gasteiger partial charge is 0.359 e. The number of amides is 1. The average Bonchev–Trinajstić information content (AvgIpc) is 2.56. The monoisotopic (exact) mass is 323 g/mol. The molecular weight excluding hydrogens is 302 g/mol. The molecule has 0 bridgehead atoms. The van der Waals surface area contributed by atoms with Gasteiger partial charge in [0.15, 0.2) is 12.3 Å². The molecule has 1 aromatic rings. The largest absolute Gasteiger partial charge is 0.467 e. The first kappa shape index (κ1) is 18.5. The van der Waals surface area contributed by atoms with Crippen molar-refractivity contribution in [1.82, 2.24) is 15.3 Å². The van der Waals surface area contributed by atoms with Gasteiger partial charge in [-0.25, -0.2) is 14.6 Å². The highest BCUT2D eigenvalue weighted by molar-refractivity contribution is 5.90. The third-order valence-electron chi connectivity index (χ3n) is 3.31. The van der Waals surface area contributed by atoms with E-state index in [0.29, 0.717) is 12.1 Å². The van der Waals surface area contributed by atoms with E-state index in [1.165, 1.54) is 19.5 Å². The fraction of sp³-hybridized carbons (Fsp3) is 0.533. The van der Waals surface area contributed by atoms with Crippen LogP contribution in [-0.2, 0) is 19.1 Å². The molecule has 8 heteroatoms. The molecule has 1 rings (SSSR count). The van der Waals surface area contributed by atoms with Gasteiger partial charge in [-0.2, -0.15) is 0 Å². The third-order valence-corrected chi connectivity index (χ3v) is 3.31. The molecule has 0 aliphatic rings. The lowest BCUT2D eigenvalue weighted by Crippen LogP contribution is -2.47. The van der Waals surface area contributed by atoms with E-state index in [1.54, 1.807) is 6.92 Å². The Hall–Kier alpha value is -2.51. The third kappa shape index (κ3) is 5.65. The fourth-order valence-corrected chi connectivity index (χ4v) is 1.71. The van der Waals surface area contributed by atoms with Crippen molar-refractivity contribution < 1.29 is 23.9 Å². The number of aryl methyl sites for hydroxylation is 1. The minimum absolute atomic E-state index is 0.00911. The molecule has 2 atom stereocenters. The lowest BCUT2D eigenvalue weighted by Gasteiger charge is -2.21. The first-order valence-corrected chi connectivity index (χ1v) is 7.22. The normalized spacial score (nSPS) is 12.9. The van der Waals surface area contributed by atoms with Crippen molar-refractivity contribution in [3.8, 4) is 0 Å². The van der Waals surface area contributed by atoms with Crippen LogP contribution in [-0.4, -0.2) is 47.6 Å². The number of hydrogen-bond donors (Lipinski definition) is 1. The van der Waals surface area contributed by atoms with E-state index in [4.69, 9.17) is 4.74 Å². The average molecular weight is 323 g/mol. The minimum atomic E-state index is -0.782. The minimum Gasteiger partial charge on any atom is -0.467 e. The Bertz CT molecular complexity index is 559. The molecule has 0 radical (unpaired) electrons. The molecule has 0 aliphatic carbocycles. The molecule has 126 valence electrons. The van der Waals surface area contributed by atoms with E-state index in [2.05, 4.69) is 20.0 Å². The molecule has 0 aromatic carbocycles. The van der Waals surface area contributed by atoms with Crippen molar-refractivity contribution in [2.45, 2.75) is 33.2 Å². The van der Waals surface area contributed by atoms with Gasteiger partial charge in [0, 0.05) is 6.20 Å². The van der Waals surface area contributed by atoms with Crippen LogP contribution in [0.2, 0.25) is 0 Å². The second-order valence-corrected chi connectivity index (χ2v) is 5.07. The van der Waals surface area contributed by atoms with Crippen LogP contribution >= 0.6 is 0 Å². The number of nitrogens with one attached hydrogen (secondary N) is 1. The zero-order chi connectivity index (χ0) is 17.4. The summed E-state index contributed by atoms with van der Waals surface area (Å²) in [4.78, 5) is 43.0. The summed E-state index contributed by atoms with van der Waals surface area (Å²) in [6.07, 6.45) is 3.37. The van der Waals surface area contributed by atoms with E-state index >= 15 is 0 Å². The second kappa shape index (κ2) is 8.82. The maximum atomic E-state index is 11.9. The second-order valence-electron chi connectivity index (χ2n) is 5.07. The summed E-state index contributed by atoms with van der Waals surface area (Å²) in [5, 5.41) is 2.51. The zero-order valence-electron chi connectivity index (χ0n) is 13.7. The molecule has 0 saturated heterocycles. The van der Waals surface area contributed by atoms with Crippen molar-refractivity contribution in [2.75, 3.05) is 13.7 Å². The van der Waals surface area contributed by atoms with Gasteiger partial charge in [-0.1, -0.05) is 20.3 Å². The molecule has 2 unspecified atom stereocenters. The number of esters is 2. The van der Waals surface area contributed by atoms with Crippen LogP contribution in [0.5, 0.6) is 0 Å². The van der Waals surface area contributed by atoms with Gasteiger partial charge in [0.05, 0.1) is 19.0 Å². The molecule has 0 fully saturated rings. The van der Waals surface area contributed by atoms with Crippen molar-refractivity contribution >= 4 is 17.8 Å². The number of methoxy groups -OCH3 is 1. The van der Waals surface area contributed by atoms with Crippen LogP contribution in [0, 0.1) is 12.8 Å². The lowest BCUT2D eigenvalue weighted by molar-refractivity contribution is -0.147. The SMILES string of the molecule is CCC(C)C(NC(=O)COC(=O)c1cnc(C)cn1)C(=O)OC. The van der Waals surface area contributed by atoms with Crippen LogP contribution in [0.25, 0.3) is 0 Å². The molecule has 8 nitrogen and oxygen atoms in total. The predicted octanol–water partition coefficient (Wildman–Crippen LogP) is 0.646. The summed E-state index contributed by atoms with van der Waals surface area (Å²) >= 11 is 0. The maximum Gasteiger partial charge on any atom is 0.359 e. The molecule has 0 saturated carbocycles. The molecule has 0 aliphatic heterocycles. The highest BCUT2D eigenvalue weighted by Gasteiger charge is 2.27. The van der Waals surface area contributed by atoms with Gasteiger partial charge in [0.1, 0.15) is 6.04 Å². The Morgan fingerprint density at radius 3 is 2.48 bits per heavy atom. The molecule has 1 amide bonds.